The Morgan fingerprint density at radius 1 is 1.62 bits per heavy atom. The van der Waals surface area contributed by atoms with Crippen LogP contribution in [0, 0.1) is 0 Å². The first-order chi connectivity index (χ1) is 7.74. The number of thiazole rings is 1. The number of halogens is 1. The van der Waals surface area contributed by atoms with Gasteiger partial charge in [-0.2, -0.15) is 0 Å². The molecule has 0 radical (unpaired) electrons. The maximum absolute atomic E-state index is 11.7. The zero-order valence-corrected chi connectivity index (χ0v) is 11.1. The normalized spacial score (nSPS) is 17.3. The van der Waals surface area contributed by atoms with E-state index in [2.05, 4.69) is 36.4 Å². The molecule has 0 aliphatic carbocycles. The number of aromatic nitrogens is 1. The van der Waals surface area contributed by atoms with E-state index >= 15 is 0 Å². The smallest absolute Gasteiger partial charge is 0.240 e. The first-order valence-corrected chi connectivity index (χ1v) is 6.69. The topological polar surface area (TPSA) is 57.3 Å². The van der Waals surface area contributed by atoms with Crippen molar-refractivity contribution in [2.24, 2.45) is 0 Å². The number of nitrogens with one attached hydrogen (secondary N) is 2. The molecule has 5 nitrogen and oxygen atoms in total. The zero-order chi connectivity index (χ0) is 11.4. The minimum atomic E-state index is 0.00347. The largest absolute Gasteiger partial charge is 0.314 e. The summed E-state index contributed by atoms with van der Waals surface area (Å²) in [4.78, 5) is 17.9. The number of anilines is 1. The number of nitrogens with zero attached hydrogens (tertiary/aromatic N) is 2. The fraction of sp³-hybridized carbons (Fsp3) is 0.556. The van der Waals surface area contributed by atoms with E-state index in [1.165, 1.54) is 11.3 Å². The second-order valence-corrected chi connectivity index (χ2v) is 5.95. The molecule has 1 aromatic heterocycles. The van der Waals surface area contributed by atoms with Gasteiger partial charge in [0.05, 0.1) is 16.5 Å². The summed E-state index contributed by atoms with van der Waals surface area (Å²) in [6.45, 7) is 4.20. The molecule has 1 fully saturated rings. The Bertz CT molecular complexity index is 364. The zero-order valence-electron chi connectivity index (χ0n) is 8.70. The van der Waals surface area contributed by atoms with Gasteiger partial charge in [-0.1, -0.05) is 11.3 Å². The van der Waals surface area contributed by atoms with Gasteiger partial charge < -0.3 is 10.6 Å². The summed E-state index contributed by atoms with van der Waals surface area (Å²) < 4.78 is 0.921. The van der Waals surface area contributed by atoms with E-state index in [-0.39, 0.29) is 5.91 Å². The Kier molecular flexibility index (Phi) is 4.28. The van der Waals surface area contributed by atoms with E-state index in [4.69, 9.17) is 0 Å². The molecule has 0 unspecified atom stereocenters. The third-order valence-electron chi connectivity index (χ3n) is 2.30. The van der Waals surface area contributed by atoms with Crippen LogP contribution in [0.5, 0.6) is 0 Å². The lowest BCUT2D eigenvalue weighted by Crippen LogP contribution is -2.46. The average molecular weight is 305 g/mol. The molecule has 1 aliphatic rings. The van der Waals surface area contributed by atoms with Gasteiger partial charge in [0.1, 0.15) is 0 Å². The van der Waals surface area contributed by atoms with Crippen molar-refractivity contribution in [3.8, 4) is 0 Å². The molecule has 88 valence electrons. The summed E-state index contributed by atoms with van der Waals surface area (Å²) in [7, 11) is 0. The predicted octanol–water partition coefficient (Wildman–Crippen LogP) is 0.749. The molecule has 0 atom stereocenters. The van der Waals surface area contributed by atoms with Gasteiger partial charge in [0, 0.05) is 26.2 Å². The SMILES string of the molecule is O=C(CN1CCNCC1)Nc1ncc(Br)s1. The molecule has 1 saturated heterocycles. The molecule has 0 spiro atoms. The molecule has 1 aromatic rings. The van der Waals surface area contributed by atoms with Gasteiger partial charge >= 0.3 is 0 Å². The minimum absolute atomic E-state index is 0.00347. The van der Waals surface area contributed by atoms with Crippen LogP contribution in [-0.2, 0) is 4.79 Å². The van der Waals surface area contributed by atoms with Crippen molar-refractivity contribution in [1.82, 2.24) is 15.2 Å². The molecular formula is C9H13BrN4OS. The number of hydrogen-bond acceptors (Lipinski definition) is 5. The second-order valence-electron chi connectivity index (χ2n) is 3.54. The molecule has 16 heavy (non-hydrogen) atoms. The number of carbonyl (C=O) groups is 1. The lowest BCUT2D eigenvalue weighted by Gasteiger charge is -2.26. The Morgan fingerprint density at radius 3 is 3.00 bits per heavy atom. The summed E-state index contributed by atoms with van der Waals surface area (Å²) >= 11 is 4.73. The fourth-order valence-electron chi connectivity index (χ4n) is 1.54. The highest BCUT2D eigenvalue weighted by Crippen LogP contribution is 2.22. The van der Waals surface area contributed by atoms with Crippen LogP contribution in [0.4, 0.5) is 5.13 Å². The minimum Gasteiger partial charge on any atom is -0.314 e. The van der Waals surface area contributed by atoms with Gasteiger partial charge in [0.2, 0.25) is 5.91 Å². The summed E-state index contributed by atoms with van der Waals surface area (Å²) in [5.41, 5.74) is 0. The maximum Gasteiger partial charge on any atom is 0.240 e. The second kappa shape index (κ2) is 5.72. The Balaban J connectivity index is 1.79. The number of rotatable bonds is 3. The molecule has 0 aromatic carbocycles. The maximum atomic E-state index is 11.7. The third-order valence-corrected chi connectivity index (χ3v) is 3.69. The first-order valence-electron chi connectivity index (χ1n) is 5.08. The Morgan fingerprint density at radius 2 is 2.38 bits per heavy atom. The van der Waals surface area contributed by atoms with Crippen LogP contribution >= 0.6 is 27.3 Å². The van der Waals surface area contributed by atoms with Gasteiger partial charge in [0.25, 0.3) is 0 Å². The summed E-state index contributed by atoms with van der Waals surface area (Å²) in [5.74, 6) is 0.00347. The van der Waals surface area contributed by atoms with Crippen LogP contribution in [0.15, 0.2) is 9.98 Å². The van der Waals surface area contributed by atoms with Crippen molar-refractivity contribution >= 4 is 38.3 Å². The van der Waals surface area contributed by atoms with Crippen molar-refractivity contribution < 1.29 is 4.79 Å². The van der Waals surface area contributed by atoms with Gasteiger partial charge in [-0.3, -0.25) is 9.69 Å². The molecule has 1 aliphatic heterocycles. The van der Waals surface area contributed by atoms with Gasteiger partial charge in [-0.15, -0.1) is 0 Å². The highest BCUT2D eigenvalue weighted by Gasteiger charge is 2.14. The molecular weight excluding hydrogens is 292 g/mol. The number of amides is 1. The molecule has 0 bridgehead atoms. The highest BCUT2D eigenvalue weighted by molar-refractivity contribution is 9.11. The number of carbonyl (C=O) groups excluding carboxylic acids is 1. The lowest BCUT2D eigenvalue weighted by atomic mass is 10.3. The van der Waals surface area contributed by atoms with Crippen LogP contribution in [-0.4, -0.2) is 48.5 Å². The van der Waals surface area contributed by atoms with Crippen molar-refractivity contribution in [3.63, 3.8) is 0 Å². The summed E-state index contributed by atoms with van der Waals surface area (Å²) in [6.07, 6.45) is 1.69. The van der Waals surface area contributed by atoms with E-state index in [1.54, 1.807) is 6.20 Å². The van der Waals surface area contributed by atoms with E-state index in [0.717, 1.165) is 30.0 Å². The number of piperazine rings is 1. The van der Waals surface area contributed by atoms with Crippen molar-refractivity contribution in [2.75, 3.05) is 38.0 Å². The van der Waals surface area contributed by atoms with Crippen LogP contribution in [0.3, 0.4) is 0 Å². The molecule has 0 saturated carbocycles. The average Bonchev–Trinajstić information content (AvgIpc) is 2.65. The van der Waals surface area contributed by atoms with E-state index < -0.39 is 0 Å². The van der Waals surface area contributed by atoms with Gasteiger partial charge in [-0.25, -0.2) is 4.98 Å². The van der Waals surface area contributed by atoms with Gasteiger partial charge in [-0.05, 0) is 15.9 Å². The van der Waals surface area contributed by atoms with E-state index in [9.17, 15) is 4.79 Å². The number of hydrogen-bond donors (Lipinski definition) is 2. The standard InChI is InChI=1S/C9H13BrN4OS/c10-7-5-12-9(16-7)13-8(15)6-14-3-1-11-2-4-14/h5,11H,1-4,6H2,(H,12,13,15). The first kappa shape index (κ1) is 12.0. The van der Waals surface area contributed by atoms with E-state index in [0.29, 0.717) is 11.7 Å². The monoisotopic (exact) mass is 304 g/mol. The Labute approximate surface area is 106 Å². The lowest BCUT2D eigenvalue weighted by molar-refractivity contribution is -0.117. The molecule has 7 heteroatoms. The van der Waals surface area contributed by atoms with Crippen LogP contribution in [0.2, 0.25) is 0 Å². The van der Waals surface area contributed by atoms with Crippen molar-refractivity contribution in [2.45, 2.75) is 0 Å². The highest BCUT2D eigenvalue weighted by atomic mass is 79.9. The molecule has 2 N–H and O–H groups in total. The van der Waals surface area contributed by atoms with Crippen molar-refractivity contribution in [3.05, 3.63) is 9.98 Å². The molecule has 1 amide bonds. The van der Waals surface area contributed by atoms with E-state index in [1.807, 2.05) is 0 Å². The molecule has 2 heterocycles. The summed E-state index contributed by atoms with van der Waals surface area (Å²) in [5, 5.41) is 6.68. The van der Waals surface area contributed by atoms with Crippen LogP contribution < -0.4 is 10.6 Å². The summed E-state index contributed by atoms with van der Waals surface area (Å²) in [6, 6.07) is 0. The van der Waals surface area contributed by atoms with Crippen molar-refractivity contribution in [1.29, 1.82) is 0 Å². The quantitative estimate of drug-likeness (QED) is 0.865. The van der Waals surface area contributed by atoms with Crippen LogP contribution in [0.25, 0.3) is 0 Å². The van der Waals surface area contributed by atoms with Gasteiger partial charge in [0.15, 0.2) is 5.13 Å². The van der Waals surface area contributed by atoms with Crippen LogP contribution in [0.1, 0.15) is 0 Å². The predicted molar refractivity (Wildman–Crippen MR) is 67.8 cm³/mol. The fourth-order valence-corrected chi connectivity index (χ4v) is 2.67. The third kappa shape index (κ3) is 3.51. The Hall–Kier alpha value is -0.500. The molecule has 2 rings (SSSR count).